The van der Waals surface area contributed by atoms with E-state index in [0.717, 1.165) is 15.6 Å². The fourth-order valence-electron chi connectivity index (χ4n) is 2.10. The molecule has 0 saturated carbocycles. The van der Waals surface area contributed by atoms with Crippen LogP contribution >= 0.6 is 15.9 Å². The molecule has 0 radical (unpaired) electrons. The second kappa shape index (κ2) is 7.07. The number of carbonyl (C=O) groups excluding carboxylic acids is 1. The lowest BCUT2D eigenvalue weighted by Gasteiger charge is -2.33. The van der Waals surface area contributed by atoms with Crippen molar-refractivity contribution < 1.29 is 14.7 Å². The second-order valence-corrected chi connectivity index (χ2v) is 6.85. The molecule has 0 aromatic heterocycles. The molecule has 0 aliphatic carbocycles. The lowest BCUT2D eigenvalue weighted by Crippen LogP contribution is -2.51. The summed E-state index contributed by atoms with van der Waals surface area (Å²) in [6, 6.07) is 5.76. The topological polar surface area (TPSA) is 66.4 Å². The molecule has 1 aromatic carbocycles. The van der Waals surface area contributed by atoms with Gasteiger partial charge in [0.25, 0.3) is 0 Å². The van der Waals surface area contributed by atoms with Crippen molar-refractivity contribution >= 4 is 27.8 Å². The number of aliphatic carboxylic acids is 1. The molecule has 1 unspecified atom stereocenters. The molecular weight excluding hydrogens is 334 g/mol. The van der Waals surface area contributed by atoms with E-state index in [2.05, 4.69) is 21.2 Å². The summed E-state index contributed by atoms with van der Waals surface area (Å²) in [4.78, 5) is 23.2. The van der Waals surface area contributed by atoms with Crippen LogP contribution in [0.2, 0.25) is 0 Å². The fourth-order valence-corrected chi connectivity index (χ4v) is 2.58. The van der Waals surface area contributed by atoms with Crippen LogP contribution < -0.4 is 5.32 Å². The van der Waals surface area contributed by atoms with E-state index in [9.17, 15) is 9.59 Å². The number of hydrogen-bond acceptors (Lipinski definition) is 2. The maximum atomic E-state index is 12.2. The lowest BCUT2D eigenvalue weighted by atomic mass is 9.85. The van der Waals surface area contributed by atoms with Gasteiger partial charge in [-0.1, -0.05) is 35.8 Å². The minimum atomic E-state index is -0.911. The molecule has 4 nitrogen and oxygen atoms in total. The molecule has 0 bridgehead atoms. The number of rotatable bonds is 6. The summed E-state index contributed by atoms with van der Waals surface area (Å²) in [5.74, 6) is -1.03. The van der Waals surface area contributed by atoms with Gasteiger partial charge in [-0.3, -0.25) is 9.59 Å². The highest BCUT2D eigenvalue weighted by atomic mass is 79.9. The van der Waals surface area contributed by atoms with Crippen molar-refractivity contribution in [2.24, 2.45) is 5.92 Å². The zero-order chi connectivity index (χ0) is 16.2. The predicted molar refractivity (Wildman–Crippen MR) is 86.2 cm³/mol. The van der Waals surface area contributed by atoms with Crippen LogP contribution in [-0.4, -0.2) is 22.5 Å². The monoisotopic (exact) mass is 355 g/mol. The van der Waals surface area contributed by atoms with Crippen LogP contribution in [0.15, 0.2) is 22.7 Å². The summed E-state index contributed by atoms with van der Waals surface area (Å²) in [5, 5.41) is 11.9. The van der Waals surface area contributed by atoms with E-state index in [0.29, 0.717) is 0 Å². The molecule has 21 heavy (non-hydrogen) atoms. The average Bonchev–Trinajstić information content (AvgIpc) is 2.31. The minimum absolute atomic E-state index is 0.0311. The molecule has 1 amide bonds. The van der Waals surface area contributed by atoms with Gasteiger partial charge in [0, 0.05) is 10.0 Å². The Morgan fingerprint density at radius 3 is 2.48 bits per heavy atom. The molecule has 5 heteroatoms. The Morgan fingerprint density at radius 1 is 1.38 bits per heavy atom. The van der Waals surface area contributed by atoms with Gasteiger partial charge in [0.2, 0.25) is 5.91 Å². The highest BCUT2D eigenvalue weighted by Crippen LogP contribution is 2.22. The Kier molecular flexibility index (Phi) is 5.96. The normalized spacial score (nSPS) is 13.8. The van der Waals surface area contributed by atoms with Gasteiger partial charge in [-0.05, 0) is 43.0 Å². The van der Waals surface area contributed by atoms with Crippen molar-refractivity contribution in [2.75, 3.05) is 0 Å². The molecule has 0 aliphatic rings. The smallest absolute Gasteiger partial charge is 0.305 e. The van der Waals surface area contributed by atoms with Crippen LogP contribution in [0.5, 0.6) is 0 Å². The van der Waals surface area contributed by atoms with E-state index in [1.54, 1.807) is 6.92 Å². The van der Waals surface area contributed by atoms with Crippen molar-refractivity contribution in [3.05, 3.63) is 33.8 Å². The van der Waals surface area contributed by atoms with E-state index in [4.69, 9.17) is 5.11 Å². The molecule has 116 valence electrons. The number of amides is 1. The third-order valence-corrected chi connectivity index (χ3v) is 4.37. The first kappa shape index (κ1) is 17.7. The van der Waals surface area contributed by atoms with Crippen molar-refractivity contribution in [2.45, 2.75) is 46.1 Å². The van der Waals surface area contributed by atoms with E-state index in [-0.39, 0.29) is 24.7 Å². The zero-order valence-corrected chi connectivity index (χ0v) is 14.5. The molecule has 0 fully saturated rings. The van der Waals surface area contributed by atoms with Crippen LogP contribution in [0.1, 0.15) is 38.3 Å². The maximum absolute atomic E-state index is 12.2. The molecule has 1 aromatic rings. The molecule has 0 heterocycles. The SMILES string of the molecule is Cc1cc(Br)ccc1CC(=O)NC(C)(CC(=O)O)C(C)C. The number of carboxylic acid groups (broad SMARTS) is 1. The summed E-state index contributed by atoms with van der Waals surface area (Å²) in [6.07, 6.45) is 0.163. The predicted octanol–water partition coefficient (Wildman–Crippen LogP) is 3.31. The van der Waals surface area contributed by atoms with Crippen LogP contribution in [0.25, 0.3) is 0 Å². The van der Waals surface area contributed by atoms with Crippen molar-refractivity contribution in [3.63, 3.8) is 0 Å². The van der Waals surface area contributed by atoms with Gasteiger partial charge in [0.1, 0.15) is 0 Å². The summed E-state index contributed by atoms with van der Waals surface area (Å²) in [5.41, 5.74) is 1.23. The van der Waals surface area contributed by atoms with Crippen LogP contribution in [0.4, 0.5) is 0 Å². The molecule has 0 saturated heterocycles. The number of carboxylic acids is 1. The number of halogens is 1. The average molecular weight is 356 g/mol. The Bertz CT molecular complexity index is 542. The van der Waals surface area contributed by atoms with Gasteiger partial charge in [-0.2, -0.15) is 0 Å². The van der Waals surface area contributed by atoms with Gasteiger partial charge < -0.3 is 10.4 Å². The number of carbonyl (C=O) groups is 2. The minimum Gasteiger partial charge on any atom is -0.481 e. The standard InChI is InChI=1S/C16H22BrNO3/c1-10(2)16(4,9-15(20)21)18-14(19)8-12-5-6-13(17)7-11(12)3/h5-7,10H,8-9H2,1-4H3,(H,18,19)(H,20,21). The summed E-state index contributed by atoms with van der Waals surface area (Å²) < 4.78 is 0.974. The van der Waals surface area contributed by atoms with Gasteiger partial charge in [-0.15, -0.1) is 0 Å². The molecule has 2 N–H and O–H groups in total. The first-order valence-corrected chi connectivity index (χ1v) is 7.71. The van der Waals surface area contributed by atoms with Gasteiger partial charge >= 0.3 is 5.97 Å². The van der Waals surface area contributed by atoms with E-state index in [1.807, 2.05) is 39.0 Å². The highest BCUT2D eigenvalue weighted by Gasteiger charge is 2.32. The summed E-state index contributed by atoms with van der Waals surface area (Å²) >= 11 is 3.39. The number of benzene rings is 1. The van der Waals surface area contributed by atoms with E-state index in [1.165, 1.54) is 0 Å². The van der Waals surface area contributed by atoms with Crippen LogP contribution in [0, 0.1) is 12.8 Å². The number of hydrogen-bond donors (Lipinski definition) is 2. The first-order chi connectivity index (χ1) is 9.64. The molecular formula is C16H22BrNO3. The highest BCUT2D eigenvalue weighted by molar-refractivity contribution is 9.10. The quantitative estimate of drug-likeness (QED) is 0.822. The first-order valence-electron chi connectivity index (χ1n) is 6.92. The largest absolute Gasteiger partial charge is 0.481 e. The third kappa shape index (κ3) is 5.16. The van der Waals surface area contributed by atoms with Crippen LogP contribution in [0.3, 0.4) is 0 Å². The number of nitrogens with one attached hydrogen (secondary N) is 1. The summed E-state index contributed by atoms with van der Waals surface area (Å²) in [7, 11) is 0. The third-order valence-electron chi connectivity index (χ3n) is 3.87. The maximum Gasteiger partial charge on any atom is 0.305 e. The Balaban J connectivity index is 2.81. The Labute approximate surface area is 134 Å². The van der Waals surface area contributed by atoms with Gasteiger partial charge in [0.15, 0.2) is 0 Å². The van der Waals surface area contributed by atoms with Crippen molar-refractivity contribution in [1.82, 2.24) is 5.32 Å². The van der Waals surface area contributed by atoms with Gasteiger partial charge in [0.05, 0.1) is 12.8 Å². The molecule has 0 spiro atoms. The Morgan fingerprint density at radius 2 is 2.00 bits per heavy atom. The van der Waals surface area contributed by atoms with Crippen molar-refractivity contribution in [3.8, 4) is 0 Å². The lowest BCUT2D eigenvalue weighted by molar-refractivity contribution is -0.139. The Hall–Kier alpha value is -1.36. The van der Waals surface area contributed by atoms with Crippen LogP contribution in [-0.2, 0) is 16.0 Å². The van der Waals surface area contributed by atoms with E-state index >= 15 is 0 Å². The van der Waals surface area contributed by atoms with Crippen molar-refractivity contribution in [1.29, 1.82) is 0 Å². The zero-order valence-electron chi connectivity index (χ0n) is 12.9. The molecule has 0 aliphatic heterocycles. The fraction of sp³-hybridized carbons (Fsp3) is 0.500. The van der Waals surface area contributed by atoms with E-state index < -0.39 is 11.5 Å². The molecule has 1 atom stereocenters. The summed E-state index contributed by atoms with van der Waals surface area (Å²) in [6.45, 7) is 7.55. The number of aryl methyl sites for hydroxylation is 1. The second-order valence-electron chi connectivity index (χ2n) is 5.94. The van der Waals surface area contributed by atoms with Gasteiger partial charge in [-0.25, -0.2) is 0 Å². The molecule has 1 rings (SSSR count).